The number of H-pyrrole nitrogens is 1. The minimum Gasteiger partial charge on any atom is -0.454 e. The van der Waals surface area contributed by atoms with Crippen LogP contribution in [0.4, 0.5) is 0 Å². The van der Waals surface area contributed by atoms with Crippen LogP contribution >= 0.6 is 0 Å². The maximum absolute atomic E-state index is 12.2. The van der Waals surface area contributed by atoms with Crippen molar-refractivity contribution in [2.45, 2.75) is 32.9 Å². The number of imidazole rings is 1. The van der Waals surface area contributed by atoms with E-state index < -0.39 is 17.2 Å². The van der Waals surface area contributed by atoms with E-state index in [4.69, 9.17) is 4.74 Å². The fraction of sp³-hybridized carbons (Fsp3) is 0.353. The molecule has 0 saturated carbocycles. The number of aryl methyl sites for hydroxylation is 2. The maximum atomic E-state index is 12.2. The predicted octanol–water partition coefficient (Wildman–Crippen LogP) is 0.975. The molecule has 0 radical (unpaired) electrons. The highest BCUT2D eigenvalue weighted by molar-refractivity contribution is 5.89. The van der Waals surface area contributed by atoms with Crippen molar-refractivity contribution in [1.82, 2.24) is 24.1 Å². The van der Waals surface area contributed by atoms with Crippen molar-refractivity contribution in [3.63, 3.8) is 0 Å². The Balaban J connectivity index is 1.93. The first-order valence-corrected chi connectivity index (χ1v) is 8.28. The lowest BCUT2D eigenvalue weighted by Gasteiger charge is -2.05. The molecule has 0 atom stereocenters. The van der Waals surface area contributed by atoms with Gasteiger partial charge in [0.05, 0.1) is 5.56 Å². The molecular formula is C17H19N5O4. The normalized spacial score (nSPS) is 11.0. The summed E-state index contributed by atoms with van der Waals surface area (Å²) in [5.41, 5.74) is -0.0642. The van der Waals surface area contributed by atoms with E-state index in [2.05, 4.69) is 15.0 Å². The molecule has 0 aromatic carbocycles. The third kappa shape index (κ3) is 3.28. The van der Waals surface area contributed by atoms with Crippen LogP contribution in [0.5, 0.6) is 0 Å². The van der Waals surface area contributed by atoms with Gasteiger partial charge in [-0.05, 0) is 18.6 Å². The molecule has 26 heavy (non-hydrogen) atoms. The summed E-state index contributed by atoms with van der Waals surface area (Å²) in [7, 11) is 1.65. The highest BCUT2D eigenvalue weighted by atomic mass is 16.5. The lowest BCUT2D eigenvalue weighted by atomic mass is 10.3. The van der Waals surface area contributed by atoms with Gasteiger partial charge in [0.2, 0.25) is 0 Å². The Morgan fingerprint density at radius 3 is 2.69 bits per heavy atom. The number of aromatic amines is 1. The molecule has 3 aromatic heterocycles. The number of aromatic nitrogens is 5. The molecule has 3 rings (SSSR count). The molecule has 0 amide bonds. The summed E-state index contributed by atoms with van der Waals surface area (Å²) < 4.78 is 8.24. The van der Waals surface area contributed by atoms with E-state index in [1.807, 2.05) is 6.92 Å². The molecule has 3 heterocycles. The van der Waals surface area contributed by atoms with Gasteiger partial charge in [0.15, 0.2) is 11.2 Å². The van der Waals surface area contributed by atoms with Gasteiger partial charge in [0.25, 0.3) is 5.56 Å². The summed E-state index contributed by atoms with van der Waals surface area (Å²) in [4.78, 5) is 46.9. The zero-order valence-electron chi connectivity index (χ0n) is 14.6. The SMILES string of the molecule is CCCCn1c(=O)[nH]c(=O)c2c1nc(COC(=O)c1ccncc1)n2C. The molecule has 0 bridgehead atoms. The molecule has 0 saturated heterocycles. The Morgan fingerprint density at radius 1 is 1.27 bits per heavy atom. The van der Waals surface area contributed by atoms with E-state index in [0.717, 1.165) is 12.8 Å². The summed E-state index contributed by atoms with van der Waals surface area (Å²) in [6.45, 7) is 2.35. The number of hydrogen-bond donors (Lipinski definition) is 1. The number of rotatable bonds is 6. The zero-order valence-corrected chi connectivity index (χ0v) is 14.6. The molecule has 9 heteroatoms. The lowest BCUT2D eigenvalue weighted by molar-refractivity contribution is 0.0459. The zero-order chi connectivity index (χ0) is 18.7. The third-order valence-electron chi connectivity index (χ3n) is 4.09. The number of nitrogens with one attached hydrogen (secondary N) is 1. The van der Waals surface area contributed by atoms with E-state index >= 15 is 0 Å². The molecule has 0 unspecified atom stereocenters. The molecule has 0 aliphatic heterocycles. The van der Waals surface area contributed by atoms with Crippen molar-refractivity contribution in [2.24, 2.45) is 7.05 Å². The van der Waals surface area contributed by atoms with Crippen LogP contribution in [-0.4, -0.2) is 30.1 Å². The van der Waals surface area contributed by atoms with Crippen molar-refractivity contribution in [3.05, 3.63) is 56.8 Å². The Hall–Kier alpha value is -3.23. The standard InChI is InChI=1S/C17H19N5O4/c1-3-4-9-22-14-13(15(23)20-17(22)25)21(2)12(19-14)10-26-16(24)11-5-7-18-8-6-11/h5-8H,3-4,9-10H2,1-2H3,(H,20,23,25). The van der Waals surface area contributed by atoms with Crippen molar-refractivity contribution in [1.29, 1.82) is 0 Å². The number of hydrogen-bond acceptors (Lipinski definition) is 6. The summed E-state index contributed by atoms with van der Waals surface area (Å²) >= 11 is 0. The molecule has 0 fully saturated rings. The number of nitrogens with zero attached hydrogens (tertiary/aromatic N) is 4. The smallest absolute Gasteiger partial charge is 0.338 e. The highest BCUT2D eigenvalue weighted by Crippen LogP contribution is 2.12. The van der Waals surface area contributed by atoms with E-state index in [1.165, 1.54) is 21.5 Å². The number of esters is 1. The van der Waals surface area contributed by atoms with Crippen molar-refractivity contribution < 1.29 is 9.53 Å². The number of unbranched alkanes of at least 4 members (excludes halogenated alkanes) is 1. The van der Waals surface area contributed by atoms with E-state index in [9.17, 15) is 14.4 Å². The predicted molar refractivity (Wildman–Crippen MR) is 93.9 cm³/mol. The Bertz CT molecular complexity index is 1050. The monoisotopic (exact) mass is 357 g/mol. The van der Waals surface area contributed by atoms with Crippen LogP contribution in [0, 0.1) is 0 Å². The van der Waals surface area contributed by atoms with Gasteiger partial charge in [-0.15, -0.1) is 0 Å². The minimum absolute atomic E-state index is 0.117. The quantitative estimate of drug-likeness (QED) is 0.658. The topological polar surface area (TPSA) is 112 Å². The Kier molecular flexibility index (Phi) is 4.97. The van der Waals surface area contributed by atoms with Crippen LogP contribution in [0.2, 0.25) is 0 Å². The van der Waals surface area contributed by atoms with E-state index in [1.54, 1.807) is 19.2 Å². The van der Waals surface area contributed by atoms with Gasteiger partial charge in [-0.2, -0.15) is 0 Å². The van der Waals surface area contributed by atoms with E-state index in [0.29, 0.717) is 23.6 Å². The molecular weight excluding hydrogens is 338 g/mol. The molecule has 0 spiro atoms. The first-order valence-electron chi connectivity index (χ1n) is 8.28. The number of pyridine rings is 1. The number of ether oxygens (including phenoxy) is 1. The van der Waals surface area contributed by atoms with Gasteiger partial charge in [-0.3, -0.25) is 19.3 Å². The Morgan fingerprint density at radius 2 is 2.00 bits per heavy atom. The molecule has 0 aliphatic carbocycles. The van der Waals surface area contributed by atoms with Crippen LogP contribution in [-0.2, 0) is 24.9 Å². The average Bonchev–Trinajstić information content (AvgIpc) is 2.97. The average molecular weight is 357 g/mol. The minimum atomic E-state index is -0.517. The second-order valence-electron chi connectivity index (χ2n) is 5.84. The summed E-state index contributed by atoms with van der Waals surface area (Å²) in [5, 5.41) is 0. The van der Waals surface area contributed by atoms with Crippen LogP contribution < -0.4 is 11.2 Å². The van der Waals surface area contributed by atoms with Crippen molar-refractivity contribution >= 4 is 17.1 Å². The van der Waals surface area contributed by atoms with Gasteiger partial charge in [0, 0.05) is 26.0 Å². The van der Waals surface area contributed by atoms with Crippen LogP contribution in [0.3, 0.4) is 0 Å². The van der Waals surface area contributed by atoms with Gasteiger partial charge in [0.1, 0.15) is 12.4 Å². The highest BCUT2D eigenvalue weighted by Gasteiger charge is 2.17. The number of carbonyl (C=O) groups is 1. The lowest BCUT2D eigenvalue weighted by Crippen LogP contribution is -2.31. The van der Waals surface area contributed by atoms with E-state index in [-0.39, 0.29) is 12.1 Å². The fourth-order valence-corrected chi connectivity index (χ4v) is 2.65. The molecule has 136 valence electrons. The van der Waals surface area contributed by atoms with Crippen LogP contribution in [0.25, 0.3) is 11.2 Å². The molecule has 9 nitrogen and oxygen atoms in total. The fourth-order valence-electron chi connectivity index (χ4n) is 2.65. The number of fused-ring (bicyclic) bond motifs is 1. The molecule has 3 aromatic rings. The van der Waals surface area contributed by atoms with Crippen LogP contribution in [0.15, 0.2) is 34.1 Å². The molecule has 0 aliphatic rings. The van der Waals surface area contributed by atoms with Crippen molar-refractivity contribution in [2.75, 3.05) is 0 Å². The van der Waals surface area contributed by atoms with Gasteiger partial charge in [-0.1, -0.05) is 13.3 Å². The van der Waals surface area contributed by atoms with Gasteiger partial charge in [-0.25, -0.2) is 14.6 Å². The van der Waals surface area contributed by atoms with Gasteiger partial charge < -0.3 is 9.30 Å². The number of carbonyl (C=O) groups excluding carboxylic acids is 1. The Labute approximate surface area is 148 Å². The summed E-state index contributed by atoms with van der Waals surface area (Å²) in [6.07, 6.45) is 4.68. The van der Waals surface area contributed by atoms with Crippen molar-refractivity contribution in [3.8, 4) is 0 Å². The maximum Gasteiger partial charge on any atom is 0.338 e. The second-order valence-corrected chi connectivity index (χ2v) is 5.84. The summed E-state index contributed by atoms with van der Waals surface area (Å²) in [6, 6.07) is 3.09. The molecule has 1 N–H and O–H groups in total. The van der Waals surface area contributed by atoms with Gasteiger partial charge >= 0.3 is 11.7 Å². The second kappa shape index (κ2) is 7.34. The summed E-state index contributed by atoms with van der Waals surface area (Å²) in [5.74, 6) is -0.138. The first kappa shape index (κ1) is 17.6. The largest absolute Gasteiger partial charge is 0.454 e. The first-order chi connectivity index (χ1) is 12.5. The van der Waals surface area contributed by atoms with Crippen LogP contribution in [0.1, 0.15) is 35.9 Å². The third-order valence-corrected chi connectivity index (χ3v) is 4.09.